The van der Waals surface area contributed by atoms with Crippen molar-refractivity contribution in [2.24, 2.45) is 0 Å². The first-order chi connectivity index (χ1) is 11.0. The van der Waals surface area contributed by atoms with Crippen LogP contribution in [0.15, 0.2) is 42.5 Å². The van der Waals surface area contributed by atoms with Crippen LogP contribution in [0.2, 0.25) is 0 Å². The molecule has 0 aromatic heterocycles. The second kappa shape index (κ2) is 7.31. The Hall–Kier alpha value is -3.02. The van der Waals surface area contributed by atoms with Crippen LogP contribution in [-0.2, 0) is 0 Å². The van der Waals surface area contributed by atoms with Crippen molar-refractivity contribution in [3.63, 3.8) is 0 Å². The summed E-state index contributed by atoms with van der Waals surface area (Å²) < 4.78 is 10.5. The van der Waals surface area contributed by atoms with Crippen molar-refractivity contribution < 1.29 is 24.2 Å². The predicted molar refractivity (Wildman–Crippen MR) is 85.5 cm³/mol. The minimum atomic E-state index is -1.08. The van der Waals surface area contributed by atoms with Crippen LogP contribution in [0.5, 0.6) is 11.5 Å². The highest BCUT2D eigenvalue weighted by Crippen LogP contribution is 2.26. The molecule has 0 saturated carbocycles. The van der Waals surface area contributed by atoms with Crippen molar-refractivity contribution in [2.45, 2.75) is 6.92 Å². The van der Waals surface area contributed by atoms with Crippen LogP contribution in [-0.4, -0.2) is 30.7 Å². The Morgan fingerprint density at radius 3 is 2.30 bits per heavy atom. The summed E-state index contributed by atoms with van der Waals surface area (Å²) in [6.45, 7) is 2.42. The fourth-order valence-corrected chi connectivity index (χ4v) is 2.00. The molecule has 2 aromatic rings. The maximum atomic E-state index is 12.3. The summed E-state index contributed by atoms with van der Waals surface area (Å²) in [5.41, 5.74) is 0.787. The number of carbonyl (C=O) groups is 2. The van der Waals surface area contributed by atoms with Gasteiger partial charge in [0.15, 0.2) is 0 Å². The molecule has 0 unspecified atom stereocenters. The zero-order valence-corrected chi connectivity index (χ0v) is 12.8. The first-order valence-corrected chi connectivity index (χ1v) is 7.00. The standard InChI is InChI=1S/C17H17NO5/c1-3-23-13-7-4-11(5-8-13)16(19)18-14-10-12(17(20)21)6-9-15(14)22-2/h4-10H,3H2,1-2H3,(H,18,19)(H,20,21). The number of hydrogen-bond acceptors (Lipinski definition) is 4. The van der Waals surface area contributed by atoms with Crippen molar-refractivity contribution in [1.29, 1.82) is 0 Å². The molecule has 6 heteroatoms. The van der Waals surface area contributed by atoms with Crippen LogP contribution >= 0.6 is 0 Å². The van der Waals surface area contributed by atoms with Gasteiger partial charge in [-0.3, -0.25) is 4.79 Å². The van der Waals surface area contributed by atoms with E-state index in [1.807, 2.05) is 6.92 Å². The normalized spacial score (nSPS) is 10.0. The quantitative estimate of drug-likeness (QED) is 0.856. The molecule has 0 aliphatic heterocycles. The molecule has 0 bridgehead atoms. The lowest BCUT2D eigenvalue weighted by atomic mass is 10.1. The van der Waals surface area contributed by atoms with Crippen molar-refractivity contribution in [1.82, 2.24) is 0 Å². The number of amides is 1. The molecule has 0 aliphatic rings. The van der Waals surface area contributed by atoms with E-state index in [-0.39, 0.29) is 11.5 Å². The van der Waals surface area contributed by atoms with Gasteiger partial charge in [-0.05, 0) is 49.4 Å². The van der Waals surface area contributed by atoms with Gasteiger partial charge in [0.05, 0.1) is 25.0 Å². The molecule has 2 rings (SSSR count). The van der Waals surface area contributed by atoms with Crippen molar-refractivity contribution in [2.75, 3.05) is 19.0 Å². The van der Waals surface area contributed by atoms with Gasteiger partial charge in [-0.15, -0.1) is 0 Å². The van der Waals surface area contributed by atoms with Crippen LogP contribution in [0.25, 0.3) is 0 Å². The van der Waals surface area contributed by atoms with Crippen molar-refractivity contribution in [3.8, 4) is 11.5 Å². The van der Waals surface area contributed by atoms with Crippen molar-refractivity contribution >= 4 is 17.6 Å². The highest BCUT2D eigenvalue weighted by Gasteiger charge is 2.13. The average molecular weight is 315 g/mol. The zero-order valence-electron chi connectivity index (χ0n) is 12.8. The molecule has 0 saturated heterocycles. The number of methoxy groups -OCH3 is 1. The fourth-order valence-electron chi connectivity index (χ4n) is 2.00. The van der Waals surface area contributed by atoms with Gasteiger partial charge < -0.3 is 19.9 Å². The summed E-state index contributed by atoms with van der Waals surface area (Å²) in [5, 5.41) is 11.7. The largest absolute Gasteiger partial charge is 0.495 e. The maximum absolute atomic E-state index is 12.3. The number of benzene rings is 2. The number of ether oxygens (including phenoxy) is 2. The lowest BCUT2D eigenvalue weighted by Crippen LogP contribution is -2.13. The van der Waals surface area contributed by atoms with Gasteiger partial charge >= 0.3 is 5.97 Å². The Kier molecular flexibility index (Phi) is 5.19. The molecule has 1 amide bonds. The molecule has 2 aromatic carbocycles. The van der Waals surface area contributed by atoms with Crippen molar-refractivity contribution in [3.05, 3.63) is 53.6 Å². The van der Waals surface area contributed by atoms with E-state index < -0.39 is 5.97 Å². The molecule has 0 spiro atoms. The number of aromatic carboxylic acids is 1. The van der Waals surface area contributed by atoms with E-state index in [1.165, 1.54) is 25.3 Å². The highest BCUT2D eigenvalue weighted by molar-refractivity contribution is 6.05. The first kappa shape index (κ1) is 16.4. The van der Waals surface area contributed by atoms with Crippen LogP contribution in [0, 0.1) is 0 Å². The summed E-state index contributed by atoms with van der Waals surface area (Å²) >= 11 is 0. The van der Waals surface area contributed by atoms with E-state index in [4.69, 9.17) is 14.6 Å². The molecule has 120 valence electrons. The van der Waals surface area contributed by atoms with E-state index in [1.54, 1.807) is 24.3 Å². The number of carboxylic acids is 1. The Morgan fingerprint density at radius 2 is 1.74 bits per heavy atom. The lowest BCUT2D eigenvalue weighted by molar-refractivity contribution is 0.0696. The Bertz CT molecular complexity index is 709. The first-order valence-electron chi connectivity index (χ1n) is 7.00. The minimum Gasteiger partial charge on any atom is -0.495 e. The maximum Gasteiger partial charge on any atom is 0.335 e. The SMILES string of the molecule is CCOc1ccc(C(=O)Nc2cc(C(=O)O)ccc2OC)cc1. The number of rotatable bonds is 6. The summed E-state index contributed by atoms with van der Waals surface area (Å²) in [4.78, 5) is 23.3. The third-order valence-electron chi connectivity index (χ3n) is 3.12. The Labute approximate surface area is 133 Å². The second-order valence-corrected chi connectivity index (χ2v) is 4.63. The van der Waals surface area contributed by atoms with E-state index in [2.05, 4.69) is 5.32 Å². The molecule has 6 nitrogen and oxygen atoms in total. The molecule has 0 atom stereocenters. The van der Waals surface area contributed by atoms with Crippen LogP contribution in [0.4, 0.5) is 5.69 Å². The van der Waals surface area contributed by atoms with Crippen LogP contribution < -0.4 is 14.8 Å². The van der Waals surface area contributed by atoms with E-state index in [0.717, 1.165) is 0 Å². The van der Waals surface area contributed by atoms with E-state index in [9.17, 15) is 9.59 Å². The predicted octanol–water partition coefficient (Wildman–Crippen LogP) is 3.04. The number of anilines is 1. The van der Waals surface area contributed by atoms with Gasteiger partial charge in [0.1, 0.15) is 11.5 Å². The van der Waals surface area contributed by atoms with E-state index in [0.29, 0.717) is 29.4 Å². The number of hydrogen-bond donors (Lipinski definition) is 2. The van der Waals surface area contributed by atoms with Gasteiger partial charge in [0.2, 0.25) is 0 Å². The smallest absolute Gasteiger partial charge is 0.335 e. The zero-order chi connectivity index (χ0) is 16.8. The summed E-state index contributed by atoms with van der Waals surface area (Å²) in [6, 6.07) is 10.9. The topological polar surface area (TPSA) is 84.9 Å². The molecule has 2 N–H and O–H groups in total. The van der Waals surface area contributed by atoms with Gasteiger partial charge in [-0.25, -0.2) is 4.79 Å². The van der Waals surface area contributed by atoms with Gasteiger partial charge in [-0.2, -0.15) is 0 Å². The minimum absolute atomic E-state index is 0.0628. The lowest BCUT2D eigenvalue weighted by Gasteiger charge is -2.11. The molecular formula is C17H17NO5. The summed E-state index contributed by atoms with van der Waals surface area (Å²) in [6.07, 6.45) is 0. The molecule has 23 heavy (non-hydrogen) atoms. The third-order valence-corrected chi connectivity index (χ3v) is 3.12. The van der Waals surface area contributed by atoms with Crippen LogP contribution in [0.3, 0.4) is 0 Å². The van der Waals surface area contributed by atoms with E-state index >= 15 is 0 Å². The number of carbonyl (C=O) groups excluding carboxylic acids is 1. The fraction of sp³-hybridized carbons (Fsp3) is 0.176. The monoisotopic (exact) mass is 315 g/mol. The molecule has 0 fully saturated rings. The summed E-state index contributed by atoms with van der Waals surface area (Å²) in [7, 11) is 1.45. The number of nitrogens with one attached hydrogen (secondary N) is 1. The summed E-state index contributed by atoms with van der Waals surface area (Å²) in [5.74, 6) is -0.387. The number of carboxylic acid groups (broad SMARTS) is 1. The van der Waals surface area contributed by atoms with Gasteiger partial charge in [0.25, 0.3) is 5.91 Å². The molecule has 0 radical (unpaired) electrons. The average Bonchev–Trinajstić information content (AvgIpc) is 2.55. The Morgan fingerprint density at radius 1 is 1.09 bits per heavy atom. The third kappa shape index (κ3) is 4.00. The van der Waals surface area contributed by atoms with Gasteiger partial charge in [0, 0.05) is 5.56 Å². The van der Waals surface area contributed by atoms with Crippen LogP contribution in [0.1, 0.15) is 27.6 Å². The Balaban J connectivity index is 2.21. The second-order valence-electron chi connectivity index (χ2n) is 4.63. The molecular weight excluding hydrogens is 298 g/mol. The molecule has 0 aliphatic carbocycles. The molecule has 0 heterocycles. The highest BCUT2D eigenvalue weighted by atomic mass is 16.5. The van der Waals surface area contributed by atoms with Gasteiger partial charge in [-0.1, -0.05) is 0 Å².